The van der Waals surface area contributed by atoms with Crippen molar-refractivity contribution in [2.45, 2.75) is 19.8 Å². The molecule has 1 unspecified atom stereocenters. The summed E-state index contributed by atoms with van der Waals surface area (Å²) in [4.78, 5) is 13.6. The summed E-state index contributed by atoms with van der Waals surface area (Å²) < 4.78 is 0.611. The summed E-state index contributed by atoms with van der Waals surface area (Å²) in [7, 11) is 0. The van der Waals surface area contributed by atoms with Gasteiger partial charge in [-0.05, 0) is 40.4 Å². The summed E-state index contributed by atoms with van der Waals surface area (Å²) in [6, 6.07) is 5.37. The predicted molar refractivity (Wildman–Crippen MR) is 71.3 cm³/mol. The molecular formula is C13H13BrN2O2. The third-order valence-electron chi connectivity index (χ3n) is 3.20. The number of carbonyl (C=O) groups excluding carboxylic acids is 1. The molecule has 1 aliphatic heterocycles. The Hall–Kier alpha value is -1.54. The third-order valence-corrected chi connectivity index (χ3v) is 3.84. The van der Waals surface area contributed by atoms with Crippen molar-refractivity contribution in [3.63, 3.8) is 0 Å². The third kappa shape index (κ3) is 2.21. The second-order valence-electron chi connectivity index (χ2n) is 4.45. The Labute approximate surface area is 114 Å². The lowest BCUT2D eigenvalue weighted by molar-refractivity contribution is -0.121. The summed E-state index contributed by atoms with van der Waals surface area (Å²) in [5.41, 5.74) is 1.62. The monoisotopic (exact) mass is 308 g/mol. The first kappa shape index (κ1) is 12.9. The fraction of sp³-hybridized carbons (Fsp3) is 0.385. The number of amides is 1. The van der Waals surface area contributed by atoms with E-state index in [9.17, 15) is 9.90 Å². The van der Waals surface area contributed by atoms with Crippen LogP contribution < -0.4 is 4.90 Å². The maximum atomic E-state index is 12.2. The summed E-state index contributed by atoms with van der Waals surface area (Å²) >= 11 is 3.27. The Morgan fingerprint density at radius 2 is 2.33 bits per heavy atom. The molecule has 0 radical (unpaired) electrons. The average Bonchev–Trinajstić information content (AvgIpc) is 2.44. The van der Waals surface area contributed by atoms with Crippen LogP contribution in [-0.4, -0.2) is 17.6 Å². The van der Waals surface area contributed by atoms with E-state index in [1.54, 1.807) is 6.07 Å². The van der Waals surface area contributed by atoms with Crippen LogP contribution in [0.1, 0.15) is 18.9 Å². The molecule has 1 N–H and O–H groups in total. The van der Waals surface area contributed by atoms with E-state index in [1.165, 1.54) is 4.90 Å². The molecule has 0 bridgehead atoms. The molecule has 5 heteroatoms. The van der Waals surface area contributed by atoms with Gasteiger partial charge in [0.25, 0.3) is 0 Å². The van der Waals surface area contributed by atoms with E-state index in [0.29, 0.717) is 10.2 Å². The number of phenolic OH excluding ortho intramolecular Hbond substituents is 1. The number of anilines is 1. The summed E-state index contributed by atoms with van der Waals surface area (Å²) in [6.45, 7) is 1.88. The molecule has 0 saturated heterocycles. The molecule has 1 aromatic rings. The molecule has 1 heterocycles. The highest BCUT2D eigenvalue weighted by molar-refractivity contribution is 9.10. The Morgan fingerprint density at radius 3 is 3.00 bits per heavy atom. The fourth-order valence-electron chi connectivity index (χ4n) is 2.16. The van der Waals surface area contributed by atoms with E-state index in [2.05, 4.69) is 15.9 Å². The van der Waals surface area contributed by atoms with Crippen molar-refractivity contribution < 1.29 is 9.90 Å². The molecule has 1 amide bonds. The Morgan fingerprint density at radius 1 is 1.61 bits per heavy atom. The molecule has 0 fully saturated rings. The van der Waals surface area contributed by atoms with E-state index < -0.39 is 0 Å². The van der Waals surface area contributed by atoms with Gasteiger partial charge in [-0.3, -0.25) is 9.69 Å². The van der Waals surface area contributed by atoms with Crippen molar-refractivity contribution in [3.8, 4) is 11.8 Å². The topological polar surface area (TPSA) is 64.3 Å². The van der Waals surface area contributed by atoms with Crippen LogP contribution in [0, 0.1) is 17.2 Å². The molecule has 1 aliphatic rings. The molecule has 2 rings (SSSR count). The van der Waals surface area contributed by atoms with Gasteiger partial charge in [-0.1, -0.05) is 6.92 Å². The van der Waals surface area contributed by atoms with Crippen LogP contribution in [0.4, 0.5) is 5.69 Å². The lowest BCUT2D eigenvalue weighted by atomic mass is 10.0. The molecular weight excluding hydrogens is 296 g/mol. The SMILES string of the molecule is CC1CCc2cc(Br)c(O)cc2N(CC#N)C1=O. The smallest absolute Gasteiger partial charge is 0.230 e. The zero-order valence-corrected chi connectivity index (χ0v) is 11.6. The zero-order chi connectivity index (χ0) is 13.3. The number of carbonyl (C=O) groups is 1. The number of hydrogen-bond donors (Lipinski definition) is 1. The highest BCUT2D eigenvalue weighted by atomic mass is 79.9. The maximum absolute atomic E-state index is 12.2. The lowest BCUT2D eigenvalue weighted by Crippen LogP contribution is -2.34. The lowest BCUT2D eigenvalue weighted by Gasteiger charge is -2.22. The van der Waals surface area contributed by atoms with Gasteiger partial charge in [0.1, 0.15) is 12.3 Å². The number of aryl methyl sites for hydroxylation is 1. The quantitative estimate of drug-likeness (QED) is 0.811. The van der Waals surface area contributed by atoms with Gasteiger partial charge in [0.15, 0.2) is 0 Å². The zero-order valence-electron chi connectivity index (χ0n) is 9.98. The normalized spacial score (nSPS) is 19.1. The van der Waals surface area contributed by atoms with Crippen LogP contribution in [0.5, 0.6) is 5.75 Å². The molecule has 0 spiro atoms. The minimum absolute atomic E-state index is 0.0112. The van der Waals surface area contributed by atoms with E-state index in [-0.39, 0.29) is 24.1 Å². The van der Waals surface area contributed by atoms with Crippen LogP contribution in [-0.2, 0) is 11.2 Å². The second-order valence-corrected chi connectivity index (χ2v) is 5.31. The van der Waals surface area contributed by atoms with Crippen LogP contribution in [0.15, 0.2) is 16.6 Å². The number of nitrogens with zero attached hydrogens (tertiary/aromatic N) is 2. The molecule has 1 atom stereocenters. The van der Waals surface area contributed by atoms with Gasteiger partial charge in [-0.15, -0.1) is 0 Å². The van der Waals surface area contributed by atoms with Gasteiger partial charge in [0, 0.05) is 12.0 Å². The molecule has 94 valence electrons. The van der Waals surface area contributed by atoms with Gasteiger partial charge in [-0.25, -0.2) is 0 Å². The predicted octanol–water partition coefficient (Wildman–Crippen LogP) is 2.59. The van der Waals surface area contributed by atoms with Crippen molar-refractivity contribution in [2.24, 2.45) is 5.92 Å². The fourth-order valence-corrected chi connectivity index (χ4v) is 2.55. The summed E-state index contributed by atoms with van der Waals surface area (Å²) in [5.74, 6) is -0.0808. The molecule has 0 aromatic heterocycles. The van der Waals surface area contributed by atoms with Crippen LogP contribution in [0.25, 0.3) is 0 Å². The Balaban J connectivity index is 2.55. The number of phenols is 1. The number of aromatic hydroxyl groups is 1. The first-order chi connectivity index (χ1) is 8.54. The molecule has 4 nitrogen and oxygen atoms in total. The minimum Gasteiger partial charge on any atom is -0.507 e. The highest BCUT2D eigenvalue weighted by Gasteiger charge is 2.28. The average molecular weight is 309 g/mol. The van der Waals surface area contributed by atoms with Gasteiger partial charge < -0.3 is 5.11 Å². The van der Waals surface area contributed by atoms with Crippen molar-refractivity contribution in [3.05, 3.63) is 22.2 Å². The van der Waals surface area contributed by atoms with Gasteiger partial charge >= 0.3 is 0 Å². The first-order valence-corrected chi connectivity index (χ1v) is 6.53. The van der Waals surface area contributed by atoms with Gasteiger partial charge in [-0.2, -0.15) is 5.26 Å². The summed E-state index contributed by atoms with van der Waals surface area (Å²) in [5, 5.41) is 18.6. The molecule has 0 saturated carbocycles. The number of benzene rings is 1. The standard InChI is InChI=1S/C13H13BrN2O2/c1-8-2-3-9-6-10(14)12(17)7-11(9)16(5-4-15)13(8)18/h6-8,17H,2-3,5H2,1H3. The first-order valence-electron chi connectivity index (χ1n) is 5.74. The molecule has 18 heavy (non-hydrogen) atoms. The van der Waals surface area contributed by atoms with E-state index in [0.717, 1.165) is 18.4 Å². The molecule has 0 aliphatic carbocycles. The van der Waals surface area contributed by atoms with Crippen molar-refractivity contribution >= 4 is 27.5 Å². The molecule has 1 aromatic carbocycles. The van der Waals surface area contributed by atoms with E-state index in [4.69, 9.17) is 5.26 Å². The number of hydrogen-bond acceptors (Lipinski definition) is 3. The van der Waals surface area contributed by atoms with E-state index in [1.807, 2.05) is 19.1 Å². The number of nitriles is 1. The van der Waals surface area contributed by atoms with Crippen molar-refractivity contribution in [1.82, 2.24) is 0 Å². The van der Waals surface area contributed by atoms with Gasteiger partial charge in [0.2, 0.25) is 5.91 Å². The Bertz CT molecular complexity index is 537. The van der Waals surface area contributed by atoms with Crippen molar-refractivity contribution in [1.29, 1.82) is 5.26 Å². The van der Waals surface area contributed by atoms with E-state index >= 15 is 0 Å². The second kappa shape index (κ2) is 4.99. The van der Waals surface area contributed by atoms with Crippen molar-refractivity contribution in [2.75, 3.05) is 11.4 Å². The Kier molecular flexibility index (Phi) is 3.58. The highest BCUT2D eigenvalue weighted by Crippen LogP contribution is 2.36. The number of rotatable bonds is 1. The minimum atomic E-state index is -0.105. The number of fused-ring (bicyclic) bond motifs is 1. The van der Waals surface area contributed by atoms with Gasteiger partial charge in [0.05, 0.1) is 16.2 Å². The van der Waals surface area contributed by atoms with Crippen LogP contribution in [0.2, 0.25) is 0 Å². The largest absolute Gasteiger partial charge is 0.507 e. The van der Waals surface area contributed by atoms with Crippen LogP contribution in [0.3, 0.4) is 0 Å². The summed E-state index contributed by atoms with van der Waals surface area (Å²) in [6.07, 6.45) is 1.52. The number of halogens is 1. The van der Waals surface area contributed by atoms with Crippen LogP contribution >= 0.6 is 15.9 Å². The maximum Gasteiger partial charge on any atom is 0.230 e.